The largest absolute Gasteiger partial charge is 0.383 e. The third-order valence-corrected chi connectivity index (χ3v) is 5.66. The van der Waals surface area contributed by atoms with Gasteiger partial charge in [-0.25, -0.2) is 4.98 Å². The molecule has 3 N–H and O–H groups in total. The first-order valence-electron chi connectivity index (χ1n) is 11.2. The van der Waals surface area contributed by atoms with E-state index in [4.69, 9.17) is 4.74 Å². The first-order valence-corrected chi connectivity index (χ1v) is 11.2. The van der Waals surface area contributed by atoms with Crippen molar-refractivity contribution in [3.63, 3.8) is 0 Å². The van der Waals surface area contributed by atoms with Crippen LogP contribution in [0.15, 0.2) is 59.5 Å². The van der Waals surface area contributed by atoms with Crippen molar-refractivity contribution in [1.82, 2.24) is 9.97 Å². The Kier molecular flexibility index (Phi) is 7.36. The van der Waals surface area contributed by atoms with Gasteiger partial charge >= 0.3 is 0 Å². The number of carbonyl (C=O) groups is 1. The summed E-state index contributed by atoms with van der Waals surface area (Å²) in [6.45, 7) is 3.30. The number of aromatic amines is 1. The van der Waals surface area contributed by atoms with Gasteiger partial charge in [0.1, 0.15) is 11.5 Å². The van der Waals surface area contributed by atoms with E-state index in [1.807, 2.05) is 30.3 Å². The summed E-state index contributed by atoms with van der Waals surface area (Å²) in [6, 6.07) is 14.8. The molecule has 1 amide bonds. The molecule has 1 aliphatic heterocycles. The van der Waals surface area contributed by atoms with E-state index in [1.54, 1.807) is 31.5 Å². The van der Waals surface area contributed by atoms with Gasteiger partial charge in [0.2, 0.25) is 0 Å². The lowest BCUT2D eigenvalue weighted by molar-refractivity contribution is 0.102. The Hall–Kier alpha value is -3.65. The molecule has 1 fully saturated rings. The maximum Gasteiger partial charge on any atom is 0.271 e. The number of pyridine rings is 2. The summed E-state index contributed by atoms with van der Waals surface area (Å²) < 4.78 is 5.05. The van der Waals surface area contributed by atoms with Crippen LogP contribution in [0.1, 0.15) is 29.6 Å². The number of ether oxygens (including phenoxy) is 1. The zero-order valence-corrected chi connectivity index (χ0v) is 18.8. The van der Waals surface area contributed by atoms with E-state index in [-0.39, 0.29) is 17.2 Å². The van der Waals surface area contributed by atoms with Gasteiger partial charge in [0.05, 0.1) is 12.3 Å². The van der Waals surface area contributed by atoms with Crippen molar-refractivity contribution < 1.29 is 9.53 Å². The molecule has 3 aromatic rings. The third-order valence-electron chi connectivity index (χ3n) is 5.66. The topological polar surface area (TPSA) is 99.3 Å². The molecular weight excluding hydrogens is 418 g/mol. The Labute approximate surface area is 193 Å². The average molecular weight is 448 g/mol. The molecule has 0 spiro atoms. The van der Waals surface area contributed by atoms with Crippen LogP contribution in [0.2, 0.25) is 0 Å². The second-order valence-electron chi connectivity index (χ2n) is 8.01. The predicted molar refractivity (Wildman–Crippen MR) is 131 cm³/mol. The zero-order chi connectivity index (χ0) is 23.0. The lowest BCUT2D eigenvalue weighted by Gasteiger charge is -2.28. The van der Waals surface area contributed by atoms with Crippen LogP contribution in [-0.2, 0) is 4.74 Å². The normalized spacial score (nSPS) is 13.5. The van der Waals surface area contributed by atoms with E-state index < -0.39 is 0 Å². The summed E-state index contributed by atoms with van der Waals surface area (Å²) in [5.74, 6) is 0.376. The molecule has 1 aliphatic rings. The quantitative estimate of drug-likeness (QED) is 0.455. The van der Waals surface area contributed by atoms with E-state index in [2.05, 4.69) is 25.5 Å². The Bertz CT molecular complexity index is 1140. The minimum atomic E-state index is -0.369. The molecule has 4 rings (SSSR count). The van der Waals surface area contributed by atoms with E-state index in [0.717, 1.165) is 18.8 Å². The van der Waals surface area contributed by atoms with Crippen LogP contribution in [0.25, 0.3) is 11.3 Å². The van der Waals surface area contributed by atoms with Crippen molar-refractivity contribution in [3.05, 3.63) is 70.6 Å². The molecule has 0 saturated carbocycles. The van der Waals surface area contributed by atoms with Gasteiger partial charge in [0, 0.05) is 49.8 Å². The van der Waals surface area contributed by atoms with Crippen LogP contribution >= 0.6 is 0 Å². The predicted octanol–water partition coefficient (Wildman–Crippen LogP) is 3.74. The highest BCUT2D eigenvalue weighted by molar-refractivity contribution is 6.04. The Morgan fingerprint density at radius 2 is 1.91 bits per heavy atom. The molecule has 0 unspecified atom stereocenters. The number of piperidine rings is 1. The first-order chi connectivity index (χ1) is 16.1. The number of hydrogen-bond acceptors (Lipinski definition) is 6. The number of anilines is 3. The lowest BCUT2D eigenvalue weighted by Crippen LogP contribution is -2.29. The van der Waals surface area contributed by atoms with Crippen LogP contribution < -0.4 is 21.1 Å². The Morgan fingerprint density at radius 3 is 2.67 bits per heavy atom. The SMILES string of the molecule is COCCNc1cccc(-c2c[nH]c(=O)c(NC(=O)c3ccc(N4CCCCC4)cc3)c2)n1. The molecule has 8 nitrogen and oxygen atoms in total. The standard InChI is InChI=1S/C25H29N5O3/c1-33-15-12-26-23-7-5-6-21(28-23)19-16-22(25(32)27-17-19)29-24(31)18-8-10-20(11-9-18)30-13-3-2-4-14-30/h5-11,16-17H,2-4,12-15H2,1H3,(H,26,28)(H,27,32)(H,29,31). The first kappa shape index (κ1) is 22.5. The van der Waals surface area contributed by atoms with E-state index in [0.29, 0.717) is 35.8 Å². The number of rotatable bonds is 8. The fourth-order valence-electron chi connectivity index (χ4n) is 3.87. The molecule has 33 heavy (non-hydrogen) atoms. The van der Waals surface area contributed by atoms with Gasteiger partial charge in [-0.15, -0.1) is 0 Å². The maximum absolute atomic E-state index is 12.8. The molecule has 0 bridgehead atoms. The van der Waals surface area contributed by atoms with Gasteiger partial charge in [0.15, 0.2) is 0 Å². The number of nitrogens with one attached hydrogen (secondary N) is 3. The Balaban J connectivity index is 1.47. The highest BCUT2D eigenvalue weighted by Gasteiger charge is 2.14. The zero-order valence-electron chi connectivity index (χ0n) is 18.8. The highest BCUT2D eigenvalue weighted by atomic mass is 16.5. The number of aromatic nitrogens is 2. The van der Waals surface area contributed by atoms with E-state index in [1.165, 1.54) is 19.3 Å². The Morgan fingerprint density at radius 1 is 1.12 bits per heavy atom. The molecule has 3 heterocycles. The molecule has 0 aliphatic carbocycles. The van der Waals surface area contributed by atoms with Gasteiger partial charge in [0.25, 0.3) is 11.5 Å². The van der Waals surface area contributed by atoms with Crippen molar-refractivity contribution in [3.8, 4) is 11.3 Å². The van der Waals surface area contributed by atoms with Crippen LogP contribution in [0.3, 0.4) is 0 Å². The molecule has 8 heteroatoms. The van der Waals surface area contributed by atoms with Crippen molar-refractivity contribution >= 4 is 23.1 Å². The third kappa shape index (κ3) is 5.78. The van der Waals surface area contributed by atoms with Crippen molar-refractivity contribution in [2.45, 2.75) is 19.3 Å². The molecule has 0 atom stereocenters. The van der Waals surface area contributed by atoms with Gasteiger partial charge in [-0.3, -0.25) is 9.59 Å². The molecule has 2 aromatic heterocycles. The number of H-pyrrole nitrogens is 1. The van der Waals surface area contributed by atoms with Gasteiger partial charge < -0.3 is 25.3 Å². The van der Waals surface area contributed by atoms with Crippen LogP contribution in [0.5, 0.6) is 0 Å². The highest BCUT2D eigenvalue weighted by Crippen LogP contribution is 2.22. The summed E-state index contributed by atoms with van der Waals surface area (Å²) in [5, 5.41) is 5.92. The average Bonchev–Trinajstić information content (AvgIpc) is 2.86. The van der Waals surface area contributed by atoms with Gasteiger partial charge in [-0.2, -0.15) is 0 Å². The second kappa shape index (κ2) is 10.8. The van der Waals surface area contributed by atoms with Crippen LogP contribution in [0, 0.1) is 0 Å². The van der Waals surface area contributed by atoms with Crippen molar-refractivity contribution in [2.75, 3.05) is 48.9 Å². The van der Waals surface area contributed by atoms with Crippen molar-refractivity contribution in [1.29, 1.82) is 0 Å². The van der Waals surface area contributed by atoms with Crippen molar-refractivity contribution in [2.24, 2.45) is 0 Å². The fourth-order valence-corrected chi connectivity index (χ4v) is 3.87. The summed E-state index contributed by atoms with van der Waals surface area (Å²) >= 11 is 0. The smallest absolute Gasteiger partial charge is 0.271 e. The van der Waals surface area contributed by atoms with Crippen LogP contribution in [-0.4, -0.2) is 49.2 Å². The number of amides is 1. The number of hydrogen-bond donors (Lipinski definition) is 3. The second-order valence-corrected chi connectivity index (χ2v) is 8.01. The maximum atomic E-state index is 12.8. The number of benzene rings is 1. The summed E-state index contributed by atoms with van der Waals surface area (Å²) in [7, 11) is 1.64. The molecule has 1 saturated heterocycles. The number of nitrogens with zero attached hydrogens (tertiary/aromatic N) is 2. The minimum absolute atomic E-state index is 0.178. The fraction of sp³-hybridized carbons (Fsp3) is 0.320. The van der Waals surface area contributed by atoms with Crippen LogP contribution in [0.4, 0.5) is 17.2 Å². The minimum Gasteiger partial charge on any atom is -0.383 e. The summed E-state index contributed by atoms with van der Waals surface area (Å²) in [5.41, 5.74) is 2.80. The molecule has 1 aromatic carbocycles. The lowest BCUT2D eigenvalue weighted by atomic mass is 10.1. The summed E-state index contributed by atoms with van der Waals surface area (Å²) in [4.78, 5) is 34.7. The number of carbonyl (C=O) groups excluding carboxylic acids is 1. The summed E-state index contributed by atoms with van der Waals surface area (Å²) in [6.07, 6.45) is 5.26. The molecular formula is C25H29N5O3. The number of methoxy groups -OCH3 is 1. The van der Waals surface area contributed by atoms with E-state index >= 15 is 0 Å². The molecule has 0 radical (unpaired) electrons. The van der Waals surface area contributed by atoms with Gasteiger partial charge in [-0.05, 0) is 61.7 Å². The monoisotopic (exact) mass is 447 g/mol. The molecule has 172 valence electrons. The van der Waals surface area contributed by atoms with E-state index in [9.17, 15) is 9.59 Å². The van der Waals surface area contributed by atoms with Gasteiger partial charge in [-0.1, -0.05) is 6.07 Å².